The Morgan fingerprint density at radius 3 is 1.38 bits per heavy atom. The highest BCUT2D eigenvalue weighted by Gasteiger charge is 2.31. The molecule has 304 valence electrons. The number of halogens is 11. The van der Waals surface area contributed by atoms with Crippen molar-refractivity contribution in [3.63, 3.8) is 0 Å². The number of methoxy groups -OCH3 is 2. The van der Waals surface area contributed by atoms with Gasteiger partial charge in [0.25, 0.3) is 0 Å². The van der Waals surface area contributed by atoms with Crippen LogP contribution in [-0.4, -0.2) is 20.6 Å². The van der Waals surface area contributed by atoms with Crippen LogP contribution >= 0.6 is 116 Å². The van der Waals surface area contributed by atoms with Crippen molar-refractivity contribution in [3.8, 4) is 28.7 Å². The quantitative estimate of drug-likeness (QED) is 0.124. The summed E-state index contributed by atoms with van der Waals surface area (Å²) in [6, 6.07) is 33.9. The maximum absolute atomic E-state index is 11.7. The molecule has 0 N–H and O–H groups in total. The van der Waals surface area contributed by atoms with Crippen molar-refractivity contribution in [2.24, 2.45) is 0 Å². The minimum absolute atomic E-state index is 0.286. The number of aryl methyl sites for hydroxylation is 2. The maximum atomic E-state index is 11.7. The van der Waals surface area contributed by atoms with E-state index >= 15 is 0 Å². The SMILES string of the molecule is CCc1ccc(P(Cl)Cl)cc1CC.COc1ccc(P(Cl)Cl)c(OC)c1.ClP(Cl)c1ccc(Oc2ccccc2)cc1.FC(F)(F)Oc1ccc(P(Cl)Cl)cc1. The van der Waals surface area contributed by atoms with E-state index in [4.69, 9.17) is 104 Å². The van der Waals surface area contributed by atoms with Gasteiger partial charge in [-0.15, -0.1) is 13.2 Å². The minimum atomic E-state index is -4.67. The Hall–Kier alpha value is -0.870. The first-order chi connectivity index (χ1) is 26.5. The number of rotatable bonds is 11. The van der Waals surface area contributed by atoms with E-state index < -0.39 is 32.9 Å². The smallest absolute Gasteiger partial charge is 0.497 e. The summed E-state index contributed by atoms with van der Waals surface area (Å²) < 4.78 is 54.6. The fourth-order valence-electron chi connectivity index (χ4n) is 4.33. The molecule has 0 fully saturated rings. The number of benzene rings is 5. The molecule has 0 aliphatic heterocycles. The Bertz CT molecular complexity index is 1860. The third-order valence-corrected chi connectivity index (χ3v) is 14.4. The Morgan fingerprint density at radius 1 is 0.482 bits per heavy atom. The third-order valence-electron chi connectivity index (χ3n) is 6.99. The van der Waals surface area contributed by atoms with E-state index in [1.54, 1.807) is 26.4 Å². The lowest BCUT2D eigenvalue weighted by Crippen LogP contribution is -2.17. The molecule has 4 nitrogen and oxygen atoms in total. The fourth-order valence-corrected chi connectivity index (χ4v) is 8.85. The van der Waals surface area contributed by atoms with Gasteiger partial charge in [-0.1, -0.05) is 134 Å². The van der Waals surface area contributed by atoms with Gasteiger partial charge in [0, 0.05) is 27.3 Å². The van der Waals surface area contributed by atoms with Crippen LogP contribution in [0, 0.1) is 0 Å². The summed E-state index contributed by atoms with van der Waals surface area (Å²) >= 11 is 46.0. The van der Waals surface area contributed by atoms with Gasteiger partial charge in [0.2, 0.25) is 0 Å². The summed E-state index contributed by atoms with van der Waals surface area (Å²) in [7, 11) is 3.17. The molecule has 0 bridgehead atoms. The largest absolute Gasteiger partial charge is 0.573 e. The lowest BCUT2D eigenvalue weighted by atomic mass is 10.0. The number of alkyl halides is 3. The van der Waals surface area contributed by atoms with E-state index in [-0.39, 0.29) is 5.75 Å². The topological polar surface area (TPSA) is 36.9 Å². The van der Waals surface area contributed by atoms with Gasteiger partial charge in [-0.05, 0) is 103 Å². The molecule has 5 aromatic carbocycles. The summed E-state index contributed by atoms with van der Waals surface area (Å²) in [5, 5.41) is 3.38. The first kappa shape index (κ1) is 51.3. The highest BCUT2D eigenvalue weighted by atomic mass is 35.9. The van der Waals surface area contributed by atoms with Crippen molar-refractivity contribution >= 4 is 138 Å². The molecule has 0 heterocycles. The summed E-state index contributed by atoms with van der Waals surface area (Å²) in [4.78, 5) is 0. The van der Waals surface area contributed by atoms with Crippen molar-refractivity contribution in [3.05, 3.63) is 126 Å². The van der Waals surface area contributed by atoms with E-state index in [9.17, 15) is 13.2 Å². The molecule has 0 unspecified atom stereocenters. The van der Waals surface area contributed by atoms with Crippen molar-refractivity contribution in [2.45, 2.75) is 33.1 Å². The van der Waals surface area contributed by atoms with Gasteiger partial charge in [-0.3, -0.25) is 0 Å². The number of hydrogen-bond donors (Lipinski definition) is 0. The summed E-state index contributed by atoms with van der Waals surface area (Å²) in [5.41, 5.74) is 2.77. The van der Waals surface area contributed by atoms with E-state index in [1.807, 2.05) is 66.7 Å². The predicted octanol–water partition coefficient (Wildman–Crippen LogP) is 16.2. The Kier molecular flexibility index (Phi) is 24.8. The van der Waals surface area contributed by atoms with Crippen molar-refractivity contribution in [1.82, 2.24) is 0 Å². The third kappa shape index (κ3) is 19.5. The van der Waals surface area contributed by atoms with E-state index in [2.05, 4.69) is 30.7 Å². The normalized spacial score (nSPS) is 10.8. The van der Waals surface area contributed by atoms with Crippen LogP contribution < -0.4 is 40.2 Å². The second-order valence-corrected chi connectivity index (χ2v) is 24.7. The molecule has 0 aromatic heterocycles. The van der Waals surface area contributed by atoms with Crippen LogP contribution in [0.2, 0.25) is 0 Å². The van der Waals surface area contributed by atoms with Crippen LogP contribution in [-0.2, 0) is 12.8 Å². The Labute approximate surface area is 369 Å². The molecule has 0 amide bonds. The van der Waals surface area contributed by atoms with Gasteiger partial charge in [0.05, 0.1) is 14.2 Å². The van der Waals surface area contributed by atoms with Gasteiger partial charge in [-0.2, -0.15) is 0 Å². The summed E-state index contributed by atoms with van der Waals surface area (Å²) in [6.07, 6.45) is -2.55. The number of hydrogen-bond acceptors (Lipinski definition) is 4. The van der Waals surface area contributed by atoms with Gasteiger partial charge >= 0.3 is 6.36 Å². The molecule has 56 heavy (non-hydrogen) atoms. The average Bonchev–Trinajstić information content (AvgIpc) is 3.18. The standard InChI is InChI=1S/C12H9Cl2OP.C10H13Cl2P.C8H9Cl2O2P.C7H4Cl2F3OP/c13-16(14)12-8-6-11(7-9-12)15-10-4-2-1-3-5-10;1-3-8-5-6-10(13(11)12)7-9(8)4-2;1-11-6-3-4-8(13(9)10)7(5-6)12-2;8-14(9)6-3-1-5(2-4-6)13-7(10,11)12/h1-9H;5-7H,3-4H2,1-2H3;3-5H,1-2H3;1-4H. The average molecular weight is 1010 g/mol. The first-order valence-corrected chi connectivity index (χ1v) is 28.6. The number of para-hydroxylation sites is 1. The molecule has 5 aromatic rings. The van der Waals surface area contributed by atoms with Crippen LogP contribution in [0.5, 0.6) is 28.7 Å². The van der Waals surface area contributed by atoms with E-state index in [0.717, 1.165) is 46.0 Å². The van der Waals surface area contributed by atoms with Crippen LogP contribution in [0.15, 0.2) is 115 Å². The monoisotopic (exact) mass is 1000 g/mol. The molecule has 0 aliphatic rings. The summed E-state index contributed by atoms with van der Waals surface area (Å²) in [6.45, 7) is -0.257. The molecule has 0 atom stereocenters. The van der Waals surface area contributed by atoms with Crippen LogP contribution in [0.4, 0.5) is 13.2 Å². The molecule has 0 saturated carbocycles. The minimum Gasteiger partial charge on any atom is -0.497 e. The summed E-state index contributed by atoms with van der Waals surface area (Å²) in [5.74, 6) is 2.70. The molecule has 5 rings (SSSR count). The van der Waals surface area contributed by atoms with Crippen LogP contribution in [0.25, 0.3) is 0 Å². The second-order valence-electron chi connectivity index (χ2n) is 10.6. The van der Waals surface area contributed by atoms with Crippen molar-refractivity contribution in [1.29, 1.82) is 0 Å². The van der Waals surface area contributed by atoms with Gasteiger partial charge in [0.1, 0.15) is 55.3 Å². The molecule has 0 aliphatic carbocycles. The van der Waals surface area contributed by atoms with Gasteiger partial charge in [-0.25, -0.2) is 0 Å². The molecule has 0 radical (unpaired) electrons. The molecule has 19 heteroatoms. The van der Waals surface area contributed by atoms with E-state index in [1.165, 1.54) is 35.4 Å². The number of ether oxygens (including phenoxy) is 4. The molecular weight excluding hydrogens is 973 g/mol. The fraction of sp³-hybridized carbons (Fsp3) is 0.189. The molecule has 0 spiro atoms. The molecular formula is C37H35Cl8F3O4P4. The van der Waals surface area contributed by atoms with Gasteiger partial charge in [0.15, 0.2) is 0 Å². The Balaban J connectivity index is 0.000000259. The lowest BCUT2D eigenvalue weighted by molar-refractivity contribution is -0.274. The highest BCUT2D eigenvalue weighted by Crippen LogP contribution is 2.49. The van der Waals surface area contributed by atoms with Crippen molar-refractivity contribution in [2.75, 3.05) is 14.2 Å². The van der Waals surface area contributed by atoms with Crippen LogP contribution in [0.1, 0.15) is 25.0 Å². The van der Waals surface area contributed by atoms with E-state index in [0.29, 0.717) is 11.1 Å². The zero-order valence-electron chi connectivity index (χ0n) is 30.0. The van der Waals surface area contributed by atoms with Gasteiger partial charge < -0.3 is 18.9 Å². The molecule has 0 saturated heterocycles. The lowest BCUT2D eigenvalue weighted by Gasteiger charge is -2.09. The van der Waals surface area contributed by atoms with Crippen molar-refractivity contribution < 1.29 is 32.1 Å². The predicted molar refractivity (Wildman–Crippen MR) is 244 cm³/mol. The second kappa shape index (κ2) is 27.1. The zero-order chi connectivity index (χ0) is 41.8. The Morgan fingerprint density at radius 2 is 0.946 bits per heavy atom. The highest BCUT2D eigenvalue weighted by molar-refractivity contribution is 8.10. The zero-order valence-corrected chi connectivity index (χ0v) is 39.6. The first-order valence-electron chi connectivity index (χ1n) is 16.0. The van der Waals surface area contributed by atoms with Crippen LogP contribution in [0.3, 0.4) is 0 Å². The maximum Gasteiger partial charge on any atom is 0.573 e.